The third-order valence-corrected chi connectivity index (χ3v) is 7.68. The Balaban J connectivity index is 1.65. The first-order valence-corrected chi connectivity index (χ1v) is 11.9. The van der Waals surface area contributed by atoms with Crippen molar-refractivity contribution in [2.45, 2.75) is 37.1 Å². The van der Waals surface area contributed by atoms with E-state index < -0.39 is 10.0 Å². The summed E-state index contributed by atoms with van der Waals surface area (Å²) >= 11 is 6.03. The number of piperidine rings is 1. The first kappa shape index (κ1) is 23.2. The van der Waals surface area contributed by atoms with Crippen molar-refractivity contribution < 1.29 is 18.0 Å². The maximum atomic E-state index is 12.9. The van der Waals surface area contributed by atoms with E-state index in [1.54, 1.807) is 24.3 Å². The molecule has 2 aromatic rings. The van der Waals surface area contributed by atoms with Crippen molar-refractivity contribution in [3.8, 4) is 0 Å². The Morgan fingerprint density at radius 1 is 1.13 bits per heavy atom. The Hall–Kier alpha value is -2.42. The molecule has 1 fully saturated rings. The van der Waals surface area contributed by atoms with Gasteiger partial charge in [-0.3, -0.25) is 9.59 Å². The third kappa shape index (κ3) is 5.44. The zero-order valence-corrected chi connectivity index (χ0v) is 19.1. The minimum atomic E-state index is -3.60. The molecule has 1 aliphatic rings. The zero-order valence-electron chi connectivity index (χ0n) is 17.5. The highest BCUT2D eigenvalue weighted by Crippen LogP contribution is 2.25. The number of anilines is 1. The van der Waals surface area contributed by atoms with E-state index in [2.05, 4.69) is 5.32 Å². The van der Waals surface area contributed by atoms with Crippen LogP contribution >= 0.6 is 11.6 Å². The van der Waals surface area contributed by atoms with E-state index >= 15 is 0 Å². The number of para-hydroxylation sites is 1. The summed E-state index contributed by atoms with van der Waals surface area (Å²) in [4.78, 5) is 26.4. The van der Waals surface area contributed by atoms with E-state index in [4.69, 9.17) is 11.6 Å². The van der Waals surface area contributed by atoms with Gasteiger partial charge in [0.05, 0.1) is 22.2 Å². The highest BCUT2D eigenvalue weighted by atomic mass is 35.5. The first-order valence-electron chi connectivity index (χ1n) is 10.1. The molecule has 2 amide bonds. The van der Waals surface area contributed by atoms with Gasteiger partial charge in [-0.2, -0.15) is 4.31 Å². The van der Waals surface area contributed by atoms with Gasteiger partial charge in [0.2, 0.25) is 15.9 Å². The summed E-state index contributed by atoms with van der Waals surface area (Å²) in [5, 5.41) is 3.07. The van der Waals surface area contributed by atoms with Crippen LogP contribution in [0.15, 0.2) is 53.4 Å². The third-order valence-electron chi connectivity index (χ3n) is 5.33. The van der Waals surface area contributed by atoms with Crippen LogP contribution < -0.4 is 5.32 Å². The molecular weight excluding hydrogens is 438 g/mol. The van der Waals surface area contributed by atoms with Crippen molar-refractivity contribution in [1.82, 2.24) is 9.21 Å². The van der Waals surface area contributed by atoms with Crippen LogP contribution in [0, 0.1) is 0 Å². The number of amides is 2. The van der Waals surface area contributed by atoms with Gasteiger partial charge in [0.15, 0.2) is 0 Å². The van der Waals surface area contributed by atoms with Gasteiger partial charge in [0.25, 0.3) is 5.91 Å². The molecule has 0 radical (unpaired) electrons. The minimum absolute atomic E-state index is 0.0391. The minimum Gasteiger partial charge on any atom is -0.332 e. The molecule has 7 nitrogen and oxygen atoms in total. The van der Waals surface area contributed by atoms with E-state index in [1.165, 1.54) is 40.5 Å². The topological polar surface area (TPSA) is 86.8 Å². The van der Waals surface area contributed by atoms with Crippen molar-refractivity contribution in [2.24, 2.45) is 0 Å². The van der Waals surface area contributed by atoms with Gasteiger partial charge in [-0.15, -0.1) is 0 Å². The van der Waals surface area contributed by atoms with Gasteiger partial charge in [-0.25, -0.2) is 8.42 Å². The number of rotatable bonds is 6. The lowest BCUT2D eigenvalue weighted by molar-refractivity contribution is -0.116. The van der Waals surface area contributed by atoms with Gasteiger partial charge in [0.1, 0.15) is 0 Å². The van der Waals surface area contributed by atoms with Crippen molar-refractivity contribution >= 4 is 39.1 Å². The Kier molecular flexibility index (Phi) is 7.35. The Morgan fingerprint density at radius 2 is 1.81 bits per heavy atom. The summed E-state index contributed by atoms with van der Waals surface area (Å²) in [5.74, 6) is -0.771. The summed E-state index contributed by atoms with van der Waals surface area (Å²) in [5.41, 5.74) is 0.773. The molecule has 1 N–H and O–H groups in total. The van der Waals surface area contributed by atoms with Crippen LogP contribution in [0.3, 0.4) is 0 Å². The average molecular weight is 464 g/mol. The number of nitrogens with zero attached hydrogens (tertiary/aromatic N) is 2. The fourth-order valence-electron chi connectivity index (χ4n) is 3.59. The summed E-state index contributed by atoms with van der Waals surface area (Å²) in [6.45, 7) is 2.25. The Morgan fingerprint density at radius 3 is 2.45 bits per heavy atom. The molecule has 31 heavy (non-hydrogen) atoms. The number of sulfonamides is 1. The summed E-state index contributed by atoms with van der Waals surface area (Å²) in [6.07, 6.45) is 2.72. The maximum absolute atomic E-state index is 12.9. The molecule has 0 spiro atoms. The van der Waals surface area contributed by atoms with Crippen LogP contribution in [-0.4, -0.2) is 55.6 Å². The van der Waals surface area contributed by atoms with Crippen LogP contribution in [-0.2, 0) is 14.8 Å². The lowest BCUT2D eigenvalue weighted by Gasteiger charge is -2.32. The van der Waals surface area contributed by atoms with Crippen molar-refractivity contribution in [3.63, 3.8) is 0 Å². The van der Waals surface area contributed by atoms with Crippen molar-refractivity contribution in [1.29, 1.82) is 0 Å². The van der Waals surface area contributed by atoms with Gasteiger partial charge in [-0.05, 0) is 56.2 Å². The quantitative estimate of drug-likeness (QED) is 0.708. The molecule has 0 saturated carbocycles. The number of hydrogen-bond acceptors (Lipinski definition) is 4. The van der Waals surface area contributed by atoms with Crippen LogP contribution in [0.2, 0.25) is 5.02 Å². The predicted octanol–water partition coefficient (Wildman–Crippen LogP) is 3.61. The molecule has 1 unspecified atom stereocenters. The fourth-order valence-corrected chi connectivity index (χ4v) is 5.48. The van der Waals surface area contributed by atoms with E-state index in [1.807, 2.05) is 6.92 Å². The average Bonchev–Trinajstić information content (AvgIpc) is 2.75. The summed E-state index contributed by atoms with van der Waals surface area (Å²) in [6, 6.07) is 12.6. The van der Waals surface area contributed by atoms with Gasteiger partial charge >= 0.3 is 0 Å². The number of nitrogens with one attached hydrogen (secondary N) is 1. The van der Waals surface area contributed by atoms with Crippen LogP contribution in [0.25, 0.3) is 0 Å². The molecule has 1 aliphatic heterocycles. The monoisotopic (exact) mass is 463 g/mol. The van der Waals surface area contributed by atoms with Crippen molar-refractivity contribution in [2.75, 3.05) is 25.5 Å². The molecule has 3 rings (SSSR count). The zero-order chi connectivity index (χ0) is 22.6. The van der Waals surface area contributed by atoms with E-state index in [0.29, 0.717) is 22.8 Å². The fraction of sp³-hybridized carbons (Fsp3) is 0.364. The molecule has 1 saturated heterocycles. The number of benzene rings is 2. The Bertz CT molecular complexity index is 1060. The number of likely N-dealkylation sites (N-methyl/N-ethyl adjacent to an activating group) is 1. The van der Waals surface area contributed by atoms with Crippen LogP contribution in [0.5, 0.6) is 0 Å². The van der Waals surface area contributed by atoms with E-state index in [0.717, 1.165) is 19.3 Å². The van der Waals surface area contributed by atoms with Crippen LogP contribution in [0.4, 0.5) is 5.69 Å². The van der Waals surface area contributed by atoms with Crippen LogP contribution in [0.1, 0.15) is 36.5 Å². The van der Waals surface area contributed by atoms with Crippen molar-refractivity contribution in [3.05, 3.63) is 59.1 Å². The van der Waals surface area contributed by atoms with Gasteiger partial charge in [0, 0.05) is 25.2 Å². The number of carbonyl (C=O) groups excluding carboxylic acids is 2. The standard InChI is InChI=1S/C22H26ClN3O4S/c1-16-7-5-6-14-26(16)31(29,30)18-12-10-17(11-13-18)22(28)25(2)15-21(27)24-20-9-4-3-8-19(20)23/h3-4,8-13,16H,5-7,14-15H2,1-2H3,(H,24,27). The number of carbonyl (C=O) groups is 2. The molecule has 1 atom stereocenters. The molecule has 0 aliphatic carbocycles. The van der Waals surface area contributed by atoms with E-state index in [-0.39, 0.29) is 29.3 Å². The highest BCUT2D eigenvalue weighted by molar-refractivity contribution is 7.89. The lowest BCUT2D eigenvalue weighted by Crippen LogP contribution is -2.41. The molecule has 0 aromatic heterocycles. The highest BCUT2D eigenvalue weighted by Gasteiger charge is 2.31. The summed E-state index contributed by atoms with van der Waals surface area (Å²) < 4.78 is 27.4. The number of hydrogen-bond donors (Lipinski definition) is 1. The Labute approximate surface area is 188 Å². The van der Waals surface area contributed by atoms with E-state index in [9.17, 15) is 18.0 Å². The second-order valence-electron chi connectivity index (χ2n) is 7.67. The second kappa shape index (κ2) is 9.80. The molecular formula is C22H26ClN3O4S. The van der Waals surface area contributed by atoms with Gasteiger partial charge < -0.3 is 10.2 Å². The molecule has 1 heterocycles. The summed E-state index contributed by atoms with van der Waals surface area (Å²) in [7, 11) is -2.09. The normalized spacial score (nSPS) is 17.2. The predicted molar refractivity (Wildman–Crippen MR) is 121 cm³/mol. The maximum Gasteiger partial charge on any atom is 0.254 e. The number of halogens is 1. The molecule has 166 valence electrons. The first-order chi connectivity index (χ1) is 14.7. The lowest BCUT2D eigenvalue weighted by atomic mass is 10.1. The van der Waals surface area contributed by atoms with Gasteiger partial charge in [-0.1, -0.05) is 30.2 Å². The molecule has 0 bridgehead atoms. The smallest absolute Gasteiger partial charge is 0.254 e. The second-order valence-corrected chi connectivity index (χ2v) is 9.97. The molecule has 9 heteroatoms. The SMILES string of the molecule is CC1CCCCN1S(=O)(=O)c1ccc(C(=O)N(C)CC(=O)Nc2ccccc2Cl)cc1. The molecule has 2 aromatic carbocycles. The largest absolute Gasteiger partial charge is 0.332 e.